The first-order valence-corrected chi connectivity index (χ1v) is 7.02. The summed E-state index contributed by atoms with van der Waals surface area (Å²) in [5.74, 6) is -1.45. The molecular weight excluding hydrogens is 298 g/mol. The lowest BCUT2D eigenvalue weighted by molar-refractivity contribution is -0.122. The van der Waals surface area contributed by atoms with Gasteiger partial charge in [0.1, 0.15) is 0 Å². The van der Waals surface area contributed by atoms with E-state index in [0.29, 0.717) is 24.9 Å². The van der Waals surface area contributed by atoms with Crippen LogP contribution in [-0.4, -0.2) is 18.5 Å². The molecule has 0 aliphatic heterocycles. The first kappa shape index (κ1) is 17.9. The summed E-state index contributed by atoms with van der Waals surface area (Å²) in [6.45, 7) is 0.422. The van der Waals surface area contributed by atoms with Crippen molar-refractivity contribution in [2.45, 2.75) is 38.1 Å². The number of rotatable bonds is 5. The van der Waals surface area contributed by atoms with Crippen molar-refractivity contribution in [2.75, 3.05) is 6.54 Å². The Bertz CT molecular complexity index is 485. The number of carbonyl (C=O) groups is 1. The number of halogens is 3. The molecule has 0 bridgehead atoms. The Labute approximate surface area is 129 Å². The third kappa shape index (κ3) is 5.25. The summed E-state index contributed by atoms with van der Waals surface area (Å²) in [4.78, 5) is 11.8. The molecule has 0 unspecified atom stereocenters. The van der Waals surface area contributed by atoms with E-state index in [9.17, 15) is 13.6 Å². The topological polar surface area (TPSA) is 55.1 Å². The van der Waals surface area contributed by atoms with Gasteiger partial charge in [0.15, 0.2) is 11.6 Å². The van der Waals surface area contributed by atoms with E-state index in [-0.39, 0.29) is 30.3 Å². The third-order valence-electron chi connectivity index (χ3n) is 3.89. The van der Waals surface area contributed by atoms with Gasteiger partial charge in [-0.05, 0) is 42.9 Å². The SMILES string of the molecule is Cl.N[C@@H]1CCC[C@H]1CC(=O)NCCc1ccc(F)c(F)c1. The van der Waals surface area contributed by atoms with Gasteiger partial charge in [-0.15, -0.1) is 12.4 Å². The van der Waals surface area contributed by atoms with E-state index in [2.05, 4.69) is 5.32 Å². The van der Waals surface area contributed by atoms with Crippen LogP contribution < -0.4 is 11.1 Å². The van der Waals surface area contributed by atoms with E-state index in [4.69, 9.17) is 5.73 Å². The van der Waals surface area contributed by atoms with Crippen molar-refractivity contribution in [3.63, 3.8) is 0 Å². The van der Waals surface area contributed by atoms with Crippen LogP contribution in [0.5, 0.6) is 0 Å². The van der Waals surface area contributed by atoms with E-state index in [1.54, 1.807) is 0 Å². The maximum Gasteiger partial charge on any atom is 0.220 e. The number of nitrogens with one attached hydrogen (secondary N) is 1. The number of hydrogen-bond acceptors (Lipinski definition) is 2. The van der Waals surface area contributed by atoms with Gasteiger partial charge in [-0.25, -0.2) is 8.78 Å². The van der Waals surface area contributed by atoms with Crippen LogP contribution in [0.3, 0.4) is 0 Å². The summed E-state index contributed by atoms with van der Waals surface area (Å²) < 4.78 is 25.8. The van der Waals surface area contributed by atoms with E-state index in [1.165, 1.54) is 6.07 Å². The van der Waals surface area contributed by atoms with E-state index in [0.717, 1.165) is 31.4 Å². The molecule has 0 spiro atoms. The summed E-state index contributed by atoms with van der Waals surface area (Å²) in [7, 11) is 0. The minimum Gasteiger partial charge on any atom is -0.356 e. The number of hydrogen-bond donors (Lipinski definition) is 2. The molecular formula is C15H21ClF2N2O. The summed E-state index contributed by atoms with van der Waals surface area (Å²) in [5, 5.41) is 2.80. The van der Waals surface area contributed by atoms with E-state index < -0.39 is 11.6 Å². The molecule has 2 atom stereocenters. The Balaban J connectivity index is 0.00000220. The highest BCUT2D eigenvalue weighted by Crippen LogP contribution is 2.26. The highest BCUT2D eigenvalue weighted by molar-refractivity contribution is 5.85. The Hall–Kier alpha value is -1.20. The van der Waals surface area contributed by atoms with Crippen LogP contribution in [0, 0.1) is 17.6 Å². The molecule has 21 heavy (non-hydrogen) atoms. The second kappa shape index (κ2) is 8.29. The smallest absolute Gasteiger partial charge is 0.220 e. The molecule has 3 nitrogen and oxygen atoms in total. The van der Waals surface area contributed by atoms with Gasteiger partial charge in [0.05, 0.1) is 0 Å². The first-order chi connectivity index (χ1) is 9.56. The van der Waals surface area contributed by atoms with Crippen LogP contribution in [0.1, 0.15) is 31.2 Å². The van der Waals surface area contributed by atoms with Crippen molar-refractivity contribution in [3.8, 4) is 0 Å². The number of nitrogens with two attached hydrogens (primary N) is 1. The zero-order valence-corrected chi connectivity index (χ0v) is 12.6. The number of carbonyl (C=O) groups excluding carboxylic acids is 1. The van der Waals surface area contributed by atoms with Crippen molar-refractivity contribution in [1.82, 2.24) is 5.32 Å². The Kier molecular flexibility index (Phi) is 7.05. The van der Waals surface area contributed by atoms with Crippen molar-refractivity contribution >= 4 is 18.3 Å². The fourth-order valence-electron chi connectivity index (χ4n) is 2.67. The van der Waals surface area contributed by atoms with E-state index in [1.807, 2.05) is 0 Å². The molecule has 1 aliphatic rings. The highest BCUT2D eigenvalue weighted by Gasteiger charge is 2.25. The fraction of sp³-hybridized carbons (Fsp3) is 0.533. The van der Waals surface area contributed by atoms with Crippen LogP contribution in [0.15, 0.2) is 18.2 Å². The molecule has 1 aromatic rings. The van der Waals surface area contributed by atoms with Crippen LogP contribution in [-0.2, 0) is 11.2 Å². The lowest BCUT2D eigenvalue weighted by Crippen LogP contribution is -2.32. The maximum atomic E-state index is 13.0. The standard InChI is InChI=1S/C15H20F2N2O.ClH/c16-12-5-4-10(8-13(12)17)6-7-19-15(20)9-11-2-1-3-14(11)18;/h4-5,8,11,14H,1-3,6-7,9,18H2,(H,19,20);1H/t11-,14+;/m0./s1. The molecule has 1 aromatic carbocycles. The maximum absolute atomic E-state index is 13.0. The molecule has 0 saturated heterocycles. The lowest BCUT2D eigenvalue weighted by atomic mass is 10.00. The summed E-state index contributed by atoms with van der Waals surface area (Å²) in [6, 6.07) is 3.92. The molecule has 1 fully saturated rings. The van der Waals surface area contributed by atoms with Crippen molar-refractivity contribution < 1.29 is 13.6 Å². The van der Waals surface area contributed by atoms with Gasteiger partial charge in [0, 0.05) is 19.0 Å². The average molecular weight is 319 g/mol. The van der Waals surface area contributed by atoms with Crippen molar-refractivity contribution in [2.24, 2.45) is 11.7 Å². The quantitative estimate of drug-likeness (QED) is 0.876. The second-order valence-electron chi connectivity index (χ2n) is 5.41. The third-order valence-corrected chi connectivity index (χ3v) is 3.89. The normalized spacial score (nSPS) is 20.9. The van der Waals surface area contributed by atoms with Gasteiger partial charge in [0.2, 0.25) is 5.91 Å². The molecule has 1 aliphatic carbocycles. The number of amides is 1. The first-order valence-electron chi connectivity index (χ1n) is 7.02. The zero-order chi connectivity index (χ0) is 14.5. The second-order valence-corrected chi connectivity index (χ2v) is 5.41. The van der Waals surface area contributed by atoms with Gasteiger partial charge in [-0.2, -0.15) is 0 Å². The van der Waals surface area contributed by atoms with Crippen LogP contribution >= 0.6 is 12.4 Å². The van der Waals surface area contributed by atoms with Crippen molar-refractivity contribution in [1.29, 1.82) is 0 Å². The molecule has 0 heterocycles. The van der Waals surface area contributed by atoms with Crippen LogP contribution in [0.4, 0.5) is 8.78 Å². The lowest BCUT2D eigenvalue weighted by Gasteiger charge is -2.14. The van der Waals surface area contributed by atoms with Gasteiger partial charge in [-0.1, -0.05) is 12.5 Å². The summed E-state index contributed by atoms with van der Waals surface area (Å²) in [5.41, 5.74) is 6.59. The van der Waals surface area contributed by atoms with Crippen molar-refractivity contribution in [3.05, 3.63) is 35.4 Å². The Morgan fingerprint density at radius 2 is 2.05 bits per heavy atom. The Morgan fingerprint density at radius 1 is 1.29 bits per heavy atom. The predicted octanol–water partition coefficient (Wildman–Crippen LogP) is 2.56. The molecule has 1 saturated carbocycles. The summed E-state index contributed by atoms with van der Waals surface area (Å²) >= 11 is 0. The molecule has 1 amide bonds. The van der Waals surface area contributed by atoms with Gasteiger partial charge in [-0.3, -0.25) is 4.79 Å². The molecule has 118 valence electrons. The van der Waals surface area contributed by atoms with Crippen LogP contribution in [0.25, 0.3) is 0 Å². The molecule has 0 radical (unpaired) electrons. The van der Waals surface area contributed by atoms with Gasteiger partial charge >= 0.3 is 0 Å². The minimum atomic E-state index is -0.856. The average Bonchev–Trinajstić information content (AvgIpc) is 2.79. The largest absolute Gasteiger partial charge is 0.356 e. The molecule has 2 rings (SSSR count). The Morgan fingerprint density at radius 3 is 2.67 bits per heavy atom. The minimum absolute atomic E-state index is 0. The summed E-state index contributed by atoms with van der Waals surface area (Å²) in [6.07, 6.45) is 4.04. The zero-order valence-electron chi connectivity index (χ0n) is 11.8. The van der Waals surface area contributed by atoms with Gasteiger partial charge < -0.3 is 11.1 Å². The van der Waals surface area contributed by atoms with E-state index >= 15 is 0 Å². The molecule has 0 aromatic heterocycles. The highest BCUT2D eigenvalue weighted by atomic mass is 35.5. The molecule has 3 N–H and O–H groups in total. The predicted molar refractivity (Wildman–Crippen MR) is 80.3 cm³/mol. The number of benzene rings is 1. The van der Waals surface area contributed by atoms with Gasteiger partial charge in [0.25, 0.3) is 0 Å². The fourth-order valence-corrected chi connectivity index (χ4v) is 2.67. The monoisotopic (exact) mass is 318 g/mol. The van der Waals surface area contributed by atoms with Crippen LogP contribution in [0.2, 0.25) is 0 Å². The molecule has 6 heteroatoms.